The molecule has 1 aromatic heterocycles. The zero-order valence-electron chi connectivity index (χ0n) is 18.7. The number of fused-ring (bicyclic) bond motifs is 2. The molecular formula is C25H20N4O5S. The van der Waals surface area contributed by atoms with Crippen LogP contribution >= 0.6 is 11.3 Å². The monoisotopic (exact) mass is 488 g/mol. The number of amides is 4. The quantitative estimate of drug-likeness (QED) is 0.421. The lowest BCUT2D eigenvalue weighted by atomic mass is 10.1. The average molecular weight is 489 g/mol. The number of anilines is 2. The van der Waals surface area contributed by atoms with Gasteiger partial charge in [0.25, 0.3) is 17.7 Å². The fourth-order valence-electron chi connectivity index (χ4n) is 4.04. The van der Waals surface area contributed by atoms with Crippen molar-refractivity contribution in [1.82, 2.24) is 9.88 Å². The lowest BCUT2D eigenvalue weighted by Crippen LogP contribution is -2.45. The topological polar surface area (TPSA) is 109 Å². The number of nitrogens with one attached hydrogen (secondary N) is 1. The van der Waals surface area contributed by atoms with Crippen molar-refractivity contribution in [2.75, 3.05) is 23.4 Å². The Balaban J connectivity index is 1.33. The van der Waals surface area contributed by atoms with E-state index in [4.69, 9.17) is 4.74 Å². The van der Waals surface area contributed by atoms with E-state index in [0.29, 0.717) is 28.8 Å². The number of hydrogen-bond acceptors (Lipinski definition) is 7. The van der Waals surface area contributed by atoms with Crippen molar-refractivity contribution in [3.63, 3.8) is 0 Å². The van der Waals surface area contributed by atoms with Crippen molar-refractivity contribution >= 4 is 45.8 Å². The summed E-state index contributed by atoms with van der Waals surface area (Å²) in [6.07, 6.45) is 1.64. The Kier molecular flexibility index (Phi) is 5.65. The summed E-state index contributed by atoms with van der Waals surface area (Å²) < 4.78 is 5.52. The molecule has 4 amide bonds. The molecule has 2 aliphatic rings. The van der Waals surface area contributed by atoms with E-state index in [1.165, 1.54) is 18.3 Å². The Hall–Kier alpha value is -4.31. The summed E-state index contributed by atoms with van der Waals surface area (Å²) in [5.41, 5.74) is 2.53. The third-order valence-corrected chi connectivity index (χ3v) is 6.59. The summed E-state index contributed by atoms with van der Waals surface area (Å²) in [6.45, 7) is 5.53. The molecule has 0 fully saturated rings. The zero-order valence-corrected chi connectivity index (χ0v) is 19.5. The fourth-order valence-corrected chi connectivity index (χ4v) is 4.76. The molecule has 2 aliphatic heterocycles. The number of rotatable bonds is 6. The maximum Gasteiger partial charge on any atom is 0.265 e. The molecule has 5 rings (SSSR count). The first-order chi connectivity index (χ1) is 16.9. The summed E-state index contributed by atoms with van der Waals surface area (Å²) in [4.78, 5) is 57.5. The van der Waals surface area contributed by atoms with E-state index < -0.39 is 23.8 Å². The first-order valence-corrected chi connectivity index (χ1v) is 11.7. The minimum absolute atomic E-state index is 0.0294. The molecule has 1 N–H and O–H groups in total. The summed E-state index contributed by atoms with van der Waals surface area (Å²) >= 11 is 1.21. The standard InChI is InChI=1S/C25H20N4O5S/c1-3-10-28-19-11-15(8-9-20(19)34-12-21(28)30)18-13-35-25(26-18)27-22(31)14(2)29-23(32)16-6-4-5-7-17(16)24(29)33/h3-9,11,13-14H,1,10,12H2,2H3,(H,26,27,31). The number of carbonyl (C=O) groups is 4. The van der Waals surface area contributed by atoms with Crippen LogP contribution in [0.5, 0.6) is 5.75 Å². The molecule has 1 unspecified atom stereocenters. The Labute approximate surface area is 204 Å². The van der Waals surface area contributed by atoms with Crippen LogP contribution in [0.4, 0.5) is 10.8 Å². The lowest BCUT2D eigenvalue weighted by Gasteiger charge is -2.28. The van der Waals surface area contributed by atoms with Crippen LogP contribution in [0.15, 0.2) is 60.5 Å². The number of carbonyl (C=O) groups excluding carboxylic acids is 4. The Morgan fingerprint density at radius 1 is 1.20 bits per heavy atom. The highest BCUT2D eigenvalue weighted by atomic mass is 32.1. The molecule has 1 atom stereocenters. The molecule has 176 valence electrons. The van der Waals surface area contributed by atoms with Gasteiger partial charge in [0.1, 0.15) is 11.8 Å². The summed E-state index contributed by atoms with van der Waals surface area (Å²) in [5.74, 6) is -1.09. The van der Waals surface area contributed by atoms with Crippen LogP contribution < -0.4 is 15.0 Å². The lowest BCUT2D eigenvalue weighted by molar-refractivity contribution is -0.121. The number of thiazole rings is 1. The van der Waals surface area contributed by atoms with Gasteiger partial charge in [-0.15, -0.1) is 17.9 Å². The van der Waals surface area contributed by atoms with Gasteiger partial charge in [0.2, 0.25) is 5.91 Å². The second kappa shape index (κ2) is 8.80. The van der Waals surface area contributed by atoms with Gasteiger partial charge in [-0.1, -0.05) is 18.2 Å². The molecule has 9 nitrogen and oxygen atoms in total. The highest BCUT2D eigenvalue weighted by Gasteiger charge is 2.40. The van der Waals surface area contributed by atoms with Gasteiger partial charge >= 0.3 is 0 Å². The molecule has 10 heteroatoms. The summed E-state index contributed by atoms with van der Waals surface area (Å²) in [6, 6.07) is 10.9. The highest BCUT2D eigenvalue weighted by molar-refractivity contribution is 7.14. The van der Waals surface area contributed by atoms with Crippen LogP contribution in [-0.2, 0) is 9.59 Å². The van der Waals surface area contributed by atoms with E-state index in [1.54, 1.807) is 52.8 Å². The van der Waals surface area contributed by atoms with Gasteiger partial charge in [0.15, 0.2) is 11.7 Å². The van der Waals surface area contributed by atoms with Crippen molar-refractivity contribution in [3.05, 3.63) is 71.6 Å². The normalized spacial score (nSPS) is 15.4. The zero-order chi connectivity index (χ0) is 24.7. The van der Waals surface area contributed by atoms with Crippen molar-refractivity contribution < 1.29 is 23.9 Å². The molecule has 3 heterocycles. The largest absolute Gasteiger partial charge is 0.482 e. The minimum Gasteiger partial charge on any atom is -0.482 e. The Morgan fingerprint density at radius 2 is 1.91 bits per heavy atom. The molecule has 0 aliphatic carbocycles. The molecule has 2 aromatic carbocycles. The third-order valence-electron chi connectivity index (χ3n) is 5.84. The van der Waals surface area contributed by atoms with Gasteiger partial charge in [-0.2, -0.15) is 0 Å². The van der Waals surface area contributed by atoms with E-state index in [-0.39, 0.29) is 23.6 Å². The molecule has 0 saturated carbocycles. The molecular weight excluding hydrogens is 468 g/mol. The van der Waals surface area contributed by atoms with Gasteiger partial charge < -0.3 is 15.0 Å². The Bertz CT molecular complexity index is 1360. The van der Waals surface area contributed by atoms with Gasteiger partial charge in [-0.25, -0.2) is 4.98 Å². The van der Waals surface area contributed by atoms with E-state index in [9.17, 15) is 19.2 Å². The maximum atomic E-state index is 12.9. The number of benzene rings is 2. The van der Waals surface area contributed by atoms with Crippen LogP contribution in [0, 0.1) is 0 Å². The van der Waals surface area contributed by atoms with Gasteiger partial charge in [-0.3, -0.25) is 24.1 Å². The second-order valence-corrected chi connectivity index (χ2v) is 8.85. The molecule has 0 bridgehead atoms. The average Bonchev–Trinajstić information content (AvgIpc) is 3.43. The van der Waals surface area contributed by atoms with Gasteiger partial charge in [0.05, 0.1) is 22.5 Å². The van der Waals surface area contributed by atoms with Crippen LogP contribution in [-0.4, -0.2) is 52.7 Å². The van der Waals surface area contributed by atoms with Crippen molar-refractivity contribution in [2.24, 2.45) is 0 Å². The predicted molar refractivity (Wildman–Crippen MR) is 131 cm³/mol. The van der Waals surface area contributed by atoms with Crippen LogP contribution in [0.25, 0.3) is 11.3 Å². The summed E-state index contributed by atoms with van der Waals surface area (Å²) in [5, 5.41) is 4.79. The van der Waals surface area contributed by atoms with E-state index in [2.05, 4.69) is 16.9 Å². The second-order valence-electron chi connectivity index (χ2n) is 7.99. The van der Waals surface area contributed by atoms with Crippen LogP contribution in [0.2, 0.25) is 0 Å². The Morgan fingerprint density at radius 3 is 2.60 bits per heavy atom. The molecule has 0 saturated heterocycles. The smallest absolute Gasteiger partial charge is 0.265 e. The van der Waals surface area contributed by atoms with Gasteiger partial charge in [0, 0.05) is 17.5 Å². The van der Waals surface area contributed by atoms with Crippen molar-refractivity contribution in [3.8, 4) is 17.0 Å². The SMILES string of the molecule is C=CCN1C(=O)COc2ccc(-c3csc(NC(=O)C(C)N4C(=O)c5ccccc5C4=O)n3)cc21. The number of ether oxygens (including phenoxy) is 1. The fraction of sp³-hybridized carbons (Fsp3) is 0.160. The van der Waals surface area contributed by atoms with Gasteiger partial charge in [-0.05, 0) is 37.3 Å². The summed E-state index contributed by atoms with van der Waals surface area (Å²) in [7, 11) is 0. The maximum absolute atomic E-state index is 12.9. The first-order valence-electron chi connectivity index (χ1n) is 10.8. The number of imide groups is 1. The van der Waals surface area contributed by atoms with E-state index >= 15 is 0 Å². The highest BCUT2D eigenvalue weighted by Crippen LogP contribution is 2.37. The molecule has 3 aromatic rings. The minimum atomic E-state index is -1.02. The molecule has 0 spiro atoms. The predicted octanol–water partition coefficient (Wildman–Crippen LogP) is 3.34. The third kappa shape index (κ3) is 3.87. The molecule has 0 radical (unpaired) electrons. The first kappa shape index (κ1) is 22.5. The van der Waals surface area contributed by atoms with Crippen LogP contribution in [0.3, 0.4) is 0 Å². The van der Waals surface area contributed by atoms with Crippen molar-refractivity contribution in [2.45, 2.75) is 13.0 Å². The molecule has 35 heavy (non-hydrogen) atoms. The van der Waals surface area contributed by atoms with E-state index in [1.807, 2.05) is 6.07 Å². The van der Waals surface area contributed by atoms with Crippen LogP contribution in [0.1, 0.15) is 27.6 Å². The number of hydrogen-bond donors (Lipinski definition) is 1. The number of aromatic nitrogens is 1. The van der Waals surface area contributed by atoms with E-state index in [0.717, 1.165) is 10.5 Å². The van der Waals surface area contributed by atoms with Crippen molar-refractivity contribution in [1.29, 1.82) is 0 Å². The number of nitrogens with zero attached hydrogens (tertiary/aromatic N) is 3.